The molecule has 2 aromatic heterocycles. The maximum Gasteiger partial charge on any atom is 0.338 e. The van der Waals surface area contributed by atoms with Crippen LogP contribution in [0.1, 0.15) is 22.8 Å². The first-order valence-electron chi connectivity index (χ1n) is 8.02. The van der Waals surface area contributed by atoms with Crippen molar-refractivity contribution in [3.63, 3.8) is 0 Å². The van der Waals surface area contributed by atoms with E-state index < -0.39 is 0 Å². The molecule has 3 aromatic rings. The third-order valence-electron chi connectivity index (χ3n) is 3.76. The lowest BCUT2D eigenvalue weighted by Gasteiger charge is -2.07. The van der Waals surface area contributed by atoms with Gasteiger partial charge in [0.05, 0.1) is 24.2 Å². The topological polar surface area (TPSA) is 149 Å². The number of hydrogen-bond donors (Lipinski definition) is 4. The van der Waals surface area contributed by atoms with Crippen LogP contribution < -0.4 is 16.2 Å². The molecule has 0 saturated carbocycles. The molecule has 0 spiro atoms. The van der Waals surface area contributed by atoms with Crippen molar-refractivity contribution in [3.05, 3.63) is 35.4 Å². The summed E-state index contributed by atoms with van der Waals surface area (Å²) in [5, 5.41) is 10.6. The van der Waals surface area contributed by atoms with Crippen LogP contribution in [0, 0.1) is 0 Å². The van der Waals surface area contributed by atoms with Gasteiger partial charge < -0.3 is 31.0 Å². The second kappa shape index (κ2) is 7.18. The van der Waals surface area contributed by atoms with E-state index in [4.69, 9.17) is 20.9 Å². The molecule has 1 aromatic carbocycles. The van der Waals surface area contributed by atoms with E-state index in [9.17, 15) is 9.90 Å². The highest BCUT2D eigenvalue weighted by molar-refractivity contribution is 5.92. The molecule has 0 aliphatic carbocycles. The number of fused-ring (bicyclic) bond motifs is 1. The van der Waals surface area contributed by atoms with E-state index in [-0.39, 0.29) is 30.2 Å². The molecule has 9 heteroatoms. The number of benzene rings is 1. The predicted molar refractivity (Wildman–Crippen MR) is 96.0 cm³/mol. The number of nitrogens with two attached hydrogens (primary N) is 2. The van der Waals surface area contributed by atoms with Crippen LogP contribution in [0.2, 0.25) is 0 Å². The molecule has 0 fully saturated rings. The molecule has 6 N–H and O–H groups in total. The Balaban J connectivity index is 1.68. The van der Waals surface area contributed by atoms with Crippen LogP contribution in [0.15, 0.2) is 24.3 Å². The van der Waals surface area contributed by atoms with Gasteiger partial charge in [0, 0.05) is 12.0 Å². The zero-order chi connectivity index (χ0) is 18.7. The minimum absolute atomic E-state index is 0.0285. The third kappa shape index (κ3) is 3.46. The molecule has 26 heavy (non-hydrogen) atoms. The molecule has 3 rings (SSSR count). The number of nitrogens with one attached hydrogen (secondary N) is 1. The summed E-state index contributed by atoms with van der Waals surface area (Å²) in [7, 11) is 0. The fourth-order valence-corrected chi connectivity index (χ4v) is 2.61. The van der Waals surface area contributed by atoms with Gasteiger partial charge in [0.1, 0.15) is 17.2 Å². The van der Waals surface area contributed by atoms with Gasteiger partial charge in [0.15, 0.2) is 5.88 Å². The summed E-state index contributed by atoms with van der Waals surface area (Å²) in [4.78, 5) is 22.3. The van der Waals surface area contributed by atoms with Crippen LogP contribution >= 0.6 is 0 Å². The number of hydrogen-bond acceptors (Lipinski definition) is 8. The smallest absolute Gasteiger partial charge is 0.338 e. The average Bonchev–Trinajstić information content (AvgIpc) is 2.91. The Morgan fingerprint density at radius 2 is 1.96 bits per heavy atom. The Labute approximate surface area is 149 Å². The molecule has 0 amide bonds. The first kappa shape index (κ1) is 17.3. The molecule has 9 nitrogen and oxygen atoms in total. The van der Waals surface area contributed by atoms with Crippen LogP contribution in [-0.4, -0.2) is 39.2 Å². The van der Waals surface area contributed by atoms with Crippen molar-refractivity contribution in [1.29, 1.82) is 0 Å². The van der Waals surface area contributed by atoms with E-state index in [0.717, 1.165) is 0 Å². The second-order valence-electron chi connectivity index (χ2n) is 5.49. The molecule has 0 radical (unpaired) electrons. The number of nitrogen functional groups attached to an aromatic ring is 2. The lowest BCUT2D eigenvalue weighted by molar-refractivity contribution is 0.0526. The number of aromatic hydroxyl groups is 1. The summed E-state index contributed by atoms with van der Waals surface area (Å²) in [5.41, 5.74) is 12.8. The Morgan fingerprint density at radius 3 is 2.65 bits per heavy atom. The van der Waals surface area contributed by atoms with Crippen molar-refractivity contribution >= 4 is 28.8 Å². The van der Waals surface area contributed by atoms with Crippen LogP contribution in [0.3, 0.4) is 0 Å². The predicted octanol–water partition coefficient (Wildman–Crippen LogP) is 1.63. The minimum atomic E-state index is -0.377. The Kier molecular flexibility index (Phi) is 4.78. The molecule has 0 aliphatic rings. The number of ether oxygens (including phenoxy) is 2. The fraction of sp³-hybridized carbons (Fsp3) is 0.235. The summed E-state index contributed by atoms with van der Waals surface area (Å²) in [6.07, 6.45) is 0.378. The highest BCUT2D eigenvalue weighted by Gasteiger charge is 2.16. The van der Waals surface area contributed by atoms with Gasteiger partial charge in [-0.25, -0.2) is 4.79 Å². The van der Waals surface area contributed by atoms with Crippen molar-refractivity contribution in [2.75, 3.05) is 24.7 Å². The number of H-pyrrole nitrogens is 1. The molecular weight excluding hydrogens is 338 g/mol. The number of esters is 1. The standard InChI is InChI=1S/C17H19N5O4/c1-2-25-16(24)9-3-5-10(6-4-9)26-8-7-11-12-13(18)20-17(19)22-14(12)21-15(11)23/h3-6,23H,2,7-8H2,1H3,(H5,18,19,20,21,22). The minimum Gasteiger partial charge on any atom is -0.494 e. The first-order valence-corrected chi connectivity index (χ1v) is 8.02. The van der Waals surface area contributed by atoms with Crippen molar-refractivity contribution in [1.82, 2.24) is 15.0 Å². The summed E-state index contributed by atoms with van der Waals surface area (Å²) >= 11 is 0. The molecule has 0 atom stereocenters. The molecule has 0 bridgehead atoms. The Hall–Kier alpha value is -3.49. The van der Waals surface area contributed by atoms with Gasteiger partial charge >= 0.3 is 5.97 Å². The van der Waals surface area contributed by atoms with Crippen molar-refractivity contribution in [2.24, 2.45) is 0 Å². The summed E-state index contributed by atoms with van der Waals surface area (Å²) in [6.45, 7) is 2.36. The molecule has 136 valence electrons. The molecular formula is C17H19N5O4. The molecule has 2 heterocycles. The normalized spacial score (nSPS) is 10.8. The fourth-order valence-electron chi connectivity index (χ4n) is 2.61. The van der Waals surface area contributed by atoms with Crippen LogP contribution in [0.5, 0.6) is 11.6 Å². The average molecular weight is 357 g/mol. The van der Waals surface area contributed by atoms with Gasteiger partial charge in [-0.3, -0.25) is 0 Å². The number of aromatic nitrogens is 3. The first-order chi connectivity index (χ1) is 12.5. The SMILES string of the molecule is CCOC(=O)c1ccc(OCCc2c(O)[nH]c3nc(N)nc(N)c23)cc1. The Bertz CT molecular complexity index is 936. The van der Waals surface area contributed by atoms with Gasteiger partial charge in [-0.1, -0.05) is 0 Å². The van der Waals surface area contributed by atoms with Gasteiger partial charge in [-0.2, -0.15) is 9.97 Å². The van der Waals surface area contributed by atoms with E-state index >= 15 is 0 Å². The van der Waals surface area contributed by atoms with Crippen LogP contribution in [0.25, 0.3) is 11.0 Å². The van der Waals surface area contributed by atoms with E-state index in [0.29, 0.717) is 40.9 Å². The summed E-state index contributed by atoms with van der Waals surface area (Å²) < 4.78 is 10.6. The van der Waals surface area contributed by atoms with Gasteiger partial charge in [-0.05, 0) is 31.2 Å². The maximum atomic E-state index is 11.6. The number of nitrogens with zero attached hydrogens (tertiary/aromatic N) is 2. The zero-order valence-corrected chi connectivity index (χ0v) is 14.2. The third-order valence-corrected chi connectivity index (χ3v) is 3.76. The van der Waals surface area contributed by atoms with Crippen molar-refractivity contribution in [3.8, 4) is 11.6 Å². The van der Waals surface area contributed by atoms with Gasteiger partial charge in [-0.15, -0.1) is 0 Å². The molecule has 0 saturated heterocycles. The second-order valence-corrected chi connectivity index (χ2v) is 5.49. The monoisotopic (exact) mass is 357 g/mol. The zero-order valence-electron chi connectivity index (χ0n) is 14.2. The summed E-state index contributed by atoms with van der Waals surface area (Å²) in [5.74, 6) is 0.384. The maximum absolute atomic E-state index is 11.6. The largest absolute Gasteiger partial charge is 0.494 e. The lowest BCUT2D eigenvalue weighted by Crippen LogP contribution is -2.05. The number of carbonyl (C=O) groups is 1. The number of rotatable bonds is 6. The number of anilines is 2. The lowest BCUT2D eigenvalue weighted by atomic mass is 10.1. The Morgan fingerprint density at radius 1 is 1.23 bits per heavy atom. The molecule has 0 aliphatic heterocycles. The van der Waals surface area contributed by atoms with Crippen molar-refractivity contribution < 1.29 is 19.4 Å². The van der Waals surface area contributed by atoms with Crippen molar-refractivity contribution in [2.45, 2.75) is 13.3 Å². The number of carbonyl (C=O) groups excluding carboxylic acids is 1. The quantitative estimate of drug-likeness (QED) is 0.486. The van der Waals surface area contributed by atoms with E-state index in [1.807, 2.05) is 0 Å². The molecule has 0 unspecified atom stereocenters. The highest BCUT2D eigenvalue weighted by Crippen LogP contribution is 2.30. The number of aromatic amines is 1. The highest BCUT2D eigenvalue weighted by atomic mass is 16.5. The van der Waals surface area contributed by atoms with Gasteiger partial charge in [0.2, 0.25) is 5.95 Å². The summed E-state index contributed by atoms with van der Waals surface area (Å²) in [6, 6.07) is 6.62. The van der Waals surface area contributed by atoms with E-state index in [1.54, 1.807) is 31.2 Å². The van der Waals surface area contributed by atoms with E-state index in [1.165, 1.54) is 0 Å². The van der Waals surface area contributed by atoms with Crippen LogP contribution in [0.4, 0.5) is 11.8 Å². The van der Waals surface area contributed by atoms with E-state index in [2.05, 4.69) is 15.0 Å². The van der Waals surface area contributed by atoms with Gasteiger partial charge in [0.25, 0.3) is 0 Å². The van der Waals surface area contributed by atoms with Crippen LogP contribution in [-0.2, 0) is 11.2 Å².